The molecular formula is C15H24N2OS. The Kier molecular flexibility index (Phi) is 6.38. The first-order chi connectivity index (χ1) is 8.90. The van der Waals surface area contributed by atoms with Crippen molar-refractivity contribution in [2.45, 2.75) is 37.0 Å². The number of carbonyl (C=O) groups excluding carboxylic acids is 1. The molecule has 4 heteroatoms. The van der Waals surface area contributed by atoms with Gasteiger partial charge < -0.3 is 10.2 Å². The highest BCUT2D eigenvalue weighted by Gasteiger charge is 2.09. The molecule has 19 heavy (non-hydrogen) atoms. The Morgan fingerprint density at radius 2 is 1.79 bits per heavy atom. The van der Waals surface area contributed by atoms with E-state index in [-0.39, 0.29) is 11.9 Å². The van der Waals surface area contributed by atoms with Gasteiger partial charge in [0.15, 0.2) is 0 Å². The minimum atomic E-state index is 0.0961. The summed E-state index contributed by atoms with van der Waals surface area (Å²) in [6.45, 7) is 6.83. The molecule has 1 unspecified atom stereocenters. The second kappa shape index (κ2) is 7.56. The van der Waals surface area contributed by atoms with Crippen molar-refractivity contribution in [2.75, 3.05) is 20.6 Å². The minimum Gasteiger partial charge on any atom is -0.348 e. The van der Waals surface area contributed by atoms with E-state index in [1.54, 1.807) is 19.0 Å². The number of carbonyl (C=O) groups is 1. The van der Waals surface area contributed by atoms with Crippen molar-refractivity contribution in [1.82, 2.24) is 10.2 Å². The average molecular weight is 280 g/mol. The molecule has 0 saturated heterocycles. The maximum absolute atomic E-state index is 11.5. The van der Waals surface area contributed by atoms with Gasteiger partial charge in [0.05, 0.1) is 6.54 Å². The zero-order valence-electron chi connectivity index (χ0n) is 12.4. The standard InChI is InChI=1S/C15H24N2OS/c1-11(2)19-14-8-6-13(7-9-14)12(3)16-10-15(18)17(4)5/h6-9,11-12,16H,10H2,1-5H3. The van der Waals surface area contributed by atoms with Crippen LogP contribution in [-0.4, -0.2) is 36.7 Å². The molecule has 1 aromatic carbocycles. The summed E-state index contributed by atoms with van der Waals surface area (Å²) in [4.78, 5) is 14.4. The van der Waals surface area contributed by atoms with Crippen molar-refractivity contribution in [3.63, 3.8) is 0 Å². The molecule has 0 aliphatic carbocycles. The van der Waals surface area contributed by atoms with Gasteiger partial charge in [-0.1, -0.05) is 26.0 Å². The molecule has 0 aliphatic rings. The highest BCUT2D eigenvalue weighted by Crippen LogP contribution is 2.24. The van der Waals surface area contributed by atoms with Crippen LogP contribution in [-0.2, 0) is 4.79 Å². The van der Waals surface area contributed by atoms with Gasteiger partial charge in [-0.2, -0.15) is 0 Å². The Hall–Kier alpha value is -1.00. The number of thioether (sulfide) groups is 1. The summed E-state index contributed by atoms with van der Waals surface area (Å²) in [7, 11) is 3.54. The number of hydrogen-bond donors (Lipinski definition) is 1. The van der Waals surface area contributed by atoms with Crippen LogP contribution in [0.1, 0.15) is 32.4 Å². The first-order valence-electron chi connectivity index (χ1n) is 6.60. The molecule has 0 heterocycles. The molecule has 0 aliphatic heterocycles. The van der Waals surface area contributed by atoms with Gasteiger partial charge in [0.1, 0.15) is 0 Å². The van der Waals surface area contributed by atoms with E-state index in [1.807, 2.05) is 11.8 Å². The molecule has 1 amide bonds. The molecule has 0 fully saturated rings. The van der Waals surface area contributed by atoms with Crippen molar-refractivity contribution in [3.05, 3.63) is 29.8 Å². The molecule has 106 valence electrons. The number of rotatable bonds is 6. The Morgan fingerprint density at radius 3 is 2.26 bits per heavy atom. The SMILES string of the molecule is CC(C)Sc1ccc(C(C)NCC(=O)N(C)C)cc1. The number of amides is 1. The lowest BCUT2D eigenvalue weighted by Gasteiger charge is -2.16. The van der Waals surface area contributed by atoms with Crippen molar-refractivity contribution in [2.24, 2.45) is 0 Å². The van der Waals surface area contributed by atoms with Gasteiger partial charge in [0, 0.05) is 30.3 Å². The van der Waals surface area contributed by atoms with E-state index in [9.17, 15) is 4.79 Å². The van der Waals surface area contributed by atoms with Crippen LogP contribution in [0.2, 0.25) is 0 Å². The van der Waals surface area contributed by atoms with E-state index in [0.717, 1.165) is 0 Å². The van der Waals surface area contributed by atoms with E-state index < -0.39 is 0 Å². The predicted molar refractivity (Wildman–Crippen MR) is 82.5 cm³/mol. The summed E-state index contributed by atoms with van der Waals surface area (Å²) in [6, 6.07) is 8.73. The van der Waals surface area contributed by atoms with Crippen molar-refractivity contribution < 1.29 is 4.79 Å². The third-order valence-electron chi connectivity index (χ3n) is 2.81. The van der Waals surface area contributed by atoms with E-state index in [4.69, 9.17) is 0 Å². The van der Waals surface area contributed by atoms with Crippen molar-refractivity contribution >= 4 is 17.7 Å². The van der Waals surface area contributed by atoms with Crippen LogP contribution in [0.25, 0.3) is 0 Å². The van der Waals surface area contributed by atoms with E-state index in [0.29, 0.717) is 11.8 Å². The Labute approximate surface area is 120 Å². The third-order valence-corrected chi connectivity index (χ3v) is 3.83. The summed E-state index contributed by atoms with van der Waals surface area (Å²) in [5.41, 5.74) is 1.21. The van der Waals surface area contributed by atoms with E-state index >= 15 is 0 Å². The fourth-order valence-corrected chi connectivity index (χ4v) is 2.46. The monoisotopic (exact) mass is 280 g/mol. The number of nitrogens with one attached hydrogen (secondary N) is 1. The maximum atomic E-state index is 11.5. The minimum absolute atomic E-state index is 0.0961. The van der Waals surface area contributed by atoms with Crippen LogP contribution in [0.3, 0.4) is 0 Å². The van der Waals surface area contributed by atoms with Gasteiger partial charge in [-0.3, -0.25) is 4.79 Å². The second-order valence-electron chi connectivity index (χ2n) is 5.13. The van der Waals surface area contributed by atoms with Crippen molar-refractivity contribution in [3.8, 4) is 0 Å². The first kappa shape index (κ1) is 16.1. The summed E-state index contributed by atoms with van der Waals surface area (Å²) in [6.07, 6.45) is 0. The van der Waals surface area contributed by atoms with Crippen LogP contribution < -0.4 is 5.32 Å². The van der Waals surface area contributed by atoms with Gasteiger partial charge in [-0.05, 0) is 24.6 Å². The molecule has 0 aromatic heterocycles. The summed E-state index contributed by atoms with van der Waals surface area (Å²) < 4.78 is 0. The van der Waals surface area contributed by atoms with Crippen LogP contribution in [0.5, 0.6) is 0 Å². The molecule has 0 spiro atoms. The highest BCUT2D eigenvalue weighted by atomic mass is 32.2. The zero-order valence-corrected chi connectivity index (χ0v) is 13.3. The van der Waals surface area contributed by atoms with Gasteiger partial charge in [0.2, 0.25) is 5.91 Å². The summed E-state index contributed by atoms with van der Waals surface area (Å²) in [5.74, 6) is 0.0961. The molecule has 0 bridgehead atoms. The average Bonchev–Trinajstić information content (AvgIpc) is 2.35. The lowest BCUT2D eigenvalue weighted by Crippen LogP contribution is -2.34. The zero-order chi connectivity index (χ0) is 14.4. The number of hydrogen-bond acceptors (Lipinski definition) is 3. The van der Waals surface area contributed by atoms with Gasteiger partial charge in [-0.25, -0.2) is 0 Å². The Morgan fingerprint density at radius 1 is 1.21 bits per heavy atom. The second-order valence-corrected chi connectivity index (χ2v) is 6.78. The lowest BCUT2D eigenvalue weighted by atomic mass is 10.1. The third kappa shape index (κ3) is 5.66. The highest BCUT2D eigenvalue weighted by molar-refractivity contribution is 7.99. The largest absolute Gasteiger partial charge is 0.348 e. The number of benzene rings is 1. The fraction of sp³-hybridized carbons (Fsp3) is 0.533. The van der Waals surface area contributed by atoms with Crippen LogP contribution in [0, 0.1) is 0 Å². The van der Waals surface area contributed by atoms with Crippen LogP contribution in [0.15, 0.2) is 29.2 Å². The molecule has 3 nitrogen and oxygen atoms in total. The van der Waals surface area contributed by atoms with Crippen LogP contribution >= 0.6 is 11.8 Å². The van der Waals surface area contributed by atoms with E-state index in [2.05, 4.69) is 50.4 Å². The Bertz CT molecular complexity index is 401. The smallest absolute Gasteiger partial charge is 0.236 e. The van der Waals surface area contributed by atoms with Gasteiger partial charge >= 0.3 is 0 Å². The summed E-state index contributed by atoms with van der Waals surface area (Å²) in [5, 5.41) is 3.84. The number of nitrogens with zero attached hydrogens (tertiary/aromatic N) is 1. The molecule has 1 rings (SSSR count). The topological polar surface area (TPSA) is 32.3 Å². The summed E-state index contributed by atoms with van der Waals surface area (Å²) >= 11 is 1.86. The first-order valence-corrected chi connectivity index (χ1v) is 7.48. The number of likely N-dealkylation sites (N-methyl/N-ethyl adjacent to an activating group) is 1. The van der Waals surface area contributed by atoms with E-state index in [1.165, 1.54) is 10.5 Å². The lowest BCUT2D eigenvalue weighted by molar-refractivity contribution is -0.127. The molecule has 1 N–H and O–H groups in total. The van der Waals surface area contributed by atoms with Crippen molar-refractivity contribution in [1.29, 1.82) is 0 Å². The predicted octanol–water partition coefficient (Wildman–Crippen LogP) is 2.93. The molecule has 0 saturated carbocycles. The van der Waals surface area contributed by atoms with Gasteiger partial charge in [-0.15, -0.1) is 11.8 Å². The van der Waals surface area contributed by atoms with Gasteiger partial charge in [0.25, 0.3) is 0 Å². The normalized spacial score (nSPS) is 12.5. The molecule has 1 atom stereocenters. The Balaban J connectivity index is 2.53. The fourth-order valence-electron chi connectivity index (χ4n) is 1.62. The molecule has 1 aromatic rings. The quantitative estimate of drug-likeness (QED) is 0.813. The molecular weight excluding hydrogens is 256 g/mol. The molecule has 0 radical (unpaired) electrons. The van der Waals surface area contributed by atoms with Crippen LogP contribution in [0.4, 0.5) is 0 Å². The maximum Gasteiger partial charge on any atom is 0.236 e.